The van der Waals surface area contributed by atoms with E-state index < -0.39 is 0 Å². The molecule has 0 saturated heterocycles. The highest BCUT2D eigenvalue weighted by Gasteiger charge is 2.17. The van der Waals surface area contributed by atoms with Crippen LogP contribution in [0.2, 0.25) is 0 Å². The summed E-state index contributed by atoms with van der Waals surface area (Å²) >= 11 is 6.24. The molecule has 10 heteroatoms. The second-order valence-corrected chi connectivity index (χ2v) is 9.87. The highest BCUT2D eigenvalue weighted by molar-refractivity contribution is 9.11. The molecule has 0 fully saturated rings. The number of carbonyl (C=O) groups is 1. The van der Waals surface area contributed by atoms with Crippen molar-refractivity contribution in [1.82, 2.24) is 25.2 Å². The summed E-state index contributed by atoms with van der Waals surface area (Å²) in [7, 11) is 0. The number of nitrogens with zero attached hydrogens (tertiary/aromatic N) is 5. The summed E-state index contributed by atoms with van der Waals surface area (Å²) in [5.74, 6) is 0.627. The van der Waals surface area contributed by atoms with Gasteiger partial charge < -0.3 is 0 Å². The molecule has 0 aliphatic carbocycles. The number of benzene rings is 1. The lowest BCUT2D eigenvalue weighted by Crippen LogP contribution is -2.19. The number of aryl methyl sites for hydroxylation is 1. The van der Waals surface area contributed by atoms with Crippen LogP contribution in [0.1, 0.15) is 10.4 Å². The Labute approximate surface area is 195 Å². The summed E-state index contributed by atoms with van der Waals surface area (Å²) in [6, 6.07) is 15.7. The summed E-state index contributed by atoms with van der Waals surface area (Å²) < 4.78 is 2.95. The largest absolute Gasteiger partial charge is 0.272 e. The van der Waals surface area contributed by atoms with Crippen LogP contribution in [0.3, 0.4) is 0 Å². The molecule has 31 heavy (non-hydrogen) atoms. The highest BCUT2D eigenvalue weighted by atomic mass is 79.9. The first-order valence-electron chi connectivity index (χ1n) is 9.23. The molecule has 4 rings (SSSR count). The van der Waals surface area contributed by atoms with Gasteiger partial charge >= 0.3 is 0 Å². The Morgan fingerprint density at radius 2 is 1.94 bits per heavy atom. The molecule has 0 aliphatic heterocycles. The zero-order chi connectivity index (χ0) is 21.6. The minimum Gasteiger partial charge on any atom is -0.272 e. The first kappa shape index (κ1) is 21.4. The van der Waals surface area contributed by atoms with Gasteiger partial charge in [-0.15, -0.1) is 21.5 Å². The molecule has 0 radical (unpaired) electrons. The Morgan fingerprint density at radius 3 is 2.65 bits per heavy atom. The topological polar surface area (TPSA) is 85.1 Å². The van der Waals surface area contributed by atoms with E-state index in [2.05, 4.69) is 41.6 Å². The summed E-state index contributed by atoms with van der Waals surface area (Å²) in [6.45, 7) is 2.04. The quantitative estimate of drug-likeness (QED) is 0.220. The van der Waals surface area contributed by atoms with Crippen LogP contribution in [0.4, 0.5) is 0 Å². The van der Waals surface area contributed by atoms with Gasteiger partial charge in [0.05, 0.1) is 15.8 Å². The third-order valence-electron chi connectivity index (χ3n) is 4.17. The number of hydrogen-bond donors (Lipinski definition) is 1. The molecule has 0 atom stereocenters. The monoisotopic (exact) mass is 512 g/mol. The molecule has 1 N–H and O–H groups in total. The number of pyridine rings is 1. The van der Waals surface area contributed by atoms with Gasteiger partial charge in [0.2, 0.25) is 0 Å². The van der Waals surface area contributed by atoms with Crippen LogP contribution in [0.25, 0.3) is 17.1 Å². The molecule has 1 amide bonds. The molecule has 3 heterocycles. The van der Waals surface area contributed by atoms with Gasteiger partial charge in [0, 0.05) is 28.5 Å². The van der Waals surface area contributed by atoms with Crippen LogP contribution in [0, 0.1) is 6.92 Å². The van der Waals surface area contributed by atoms with Crippen LogP contribution in [-0.4, -0.2) is 37.6 Å². The predicted molar refractivity (Wildman–Crippen MR) is 128 cm³/mol. The maximum atomic E-state index is 12.3. The van der Waals surface area contributed by atoms with Crippen molar-refractivity contribution >= 4 is 51.2 Å². The van der Waals surface area contributed by atoms with E-state index in [-0.39, 0.29) is 11.7 Å². The number of amides is 1. The maximum absolute atomic E-state index is 12.3. The van der Waals surface area contributed by atoms with Crippen molar-refractivity contribution in [3.8, 4) is 17.1 Å². The summed E-state index contributed by atoms with van der Waals surface area (Å²) in [6.07, 6.45) is 5.05. The van der Waals surface area contributed by atoms with Crippen LogP contribution in [0.5, 0.6) is 0 Å². The first-order chi connectivity index (χ1) is 15.1. The molecule has 0 unspecified atom stereocenters. The number of carbonyl (C=O) groups excluding carboxylic acids is 1. The Morgan fingerprint density at radius 1 is 1.16 bits per heavy atom. The average Bonchev–Trinajstić information content (AvgIpc) is 3.39. The van der Waals surface area contributed by atoms with Gasteiger partial charge in [-0.1, -0.05) is 29.5 Å². The van der Waals surface area contributed by atoms with E-state index in [0.29, 0.717) is 11.0 Å². The van der Waals surface area contributed by atoms with Gasteiger partial charge in [-0.05, 0) is 59.3 Å². The first-order valence-corrected chi connectivity index (χ1v) is 11.8. The van der Waals surface area contributed by atoms with Gasteiger partial charge in [-0.3, -0.25) is 14.3 Å². The van der Waals surface area contributed by atoms with Gasteiger partial charge in [0.1, 0.15) is 0 Å². The fourth-order valence-electron chi connectivity index (χ4n) is 2.71. The Hall–Kier alpha value is -2.82. The van der Waals surface area contributed by atoms with E-state index >= 15 is 0 Å². The van der Waals surface area contributed by atoms with Gasteiger partial charge in [0.15, 0.2) is 11.0 Å². The Balaban J connectivity index is 1.51. The van der Waals surface area contributed by atoms with E-state index in [1.807, 2.05) is 60.0 Å². The van der Waals surface area contributed by atoms with Crippen LogP contribution in [-0.2, 0) is 4.79 Å². The molecule has 7 nitrogen and oxygen atoms in total. The summed E-state index contributed by atoms with van der Waals surface area (Å²) in [4.78, 5) is 17.3. The number of halogens is 1. The van der Waals surface area contributed by atoms with Crippen molar-refractivity contribution in [2.24, 2.45) is 5.10 Å². The van der Waals surface area contributed by atoms with E-state index in [1.54, 1.807) is 18.6 Å². The normalized spacial score (nSPS) is 11.2. The van der Waals surface area contributed by atoms with E-state index in [1.165, 1.54) is 23.1 Å². The fraction of sp³-hybridized carbons (Fsp3) is 0.0952. The average molecular weight is 513 g/mol. The zero-order valence-electron chi connectivity index (χ0n) is 16.4. The number of hydrogen-bond acceptors (Lipinski definition) is 7. The third kappa shape index (κ3) is 5.46. The van der Waals surface area contributed by atoms with E-state index in [9.17, 15) is 4.79 Å². The van der Waals surface area contributed by atoms with Crippen molar-refractivity contribution in [1.29, 1.82) is 0 Å². The molecule has 0 spiro atoms. The van der Waals surface area contributed by atoms with Crippen LogP contribution in [0.15, 0.2) is 75.0 Å². The van der Waals surface area contributed by atoms with Crippen molar-refractivity contribution in [2.45, 2.75) is 12.1 Å². The lowest BCUT2D eigenvalue weighted by Gasteiger charge is -2.10. The number of thioether (sulfide) groups is 1. The predicted octanol–water partition coefficient (Wildman–Crippen LogP) is 4.70. The molecular weight excluding hydrogens is 496 g/mol. The number of aromatic nitrogens is 4. The van der Waals surface area contributed by atoms with Gasteiger partial charge in [0.25, 0.3) is 5.91 Å². The fourth-order valence-corrected chi connectivity index (χ4v) is 4.75. The minimum atomic E-state index is -0.221. The lowest BCUT2D eigenvalue weighted by molar-refractivity contribution is -0.118. The van der Waals surface area contributed by atoms with E-state index in [0.717, 1.165) is 25.5 Å². The van der Waals surface area contributed by atoms with Crippen molar-refractivity contribution in [3.05, 3.63) is 75.2 Å². The smallest absolute Gasteiger partial charge is 0.250 e. The second kappa shape index (κ2) is 9.99. The minimum absolute atomic E-state index is 0.159. The zero-order valence-corrected chi connectivity index (χ0v) is 19.6. The van der Waals surface area contributed by atoms with Gasteiger partial charge in [-0.25, -0.2) is 5.43 Å². The second-order valence-electron chi connectivity index (χ2n) is 6.44. The highest BCUT2D eigenvalue weighted by Crippen LogP contribution is 2.27. The van der Waals surface area contributed by atoms with Crippen molar-refractivity contribution < 1.29 is 4.79 Å². The standard InChI is InChI=1S/C21H17BrN6OS2/c1-14-2-4-16(5-3-14)28-20(15-8-10-23-11-9-15)26-27-21(28)30-13-19(29)25-24-12-17-6-7-18(22)31-17/h2-12H,13H2,1H3,(H,25,29). The van der Waals surface area contributed by atoms with Crippen molar-refractivity contribution in [3.63, 3.8) is 0 Å². The molecule has 156 valence electrons. The molecular formula is C21H17BrN6OS2. The molecule has 0 saturated carbocycles. The SMILES string of the molecule is Cc1ccc(-n2c(SCC(=O)NN=Cc3ccc(Br)s3)nnc2-c2ccncc2)cc1. The Bertz CT molecular complexity index is 1200. The molecule has 4 aromatic rings. The lowest BCUT2D eigenvalue weighted by atomic mass is 10.2. The third-order valence-corrected chi connectivity index (χ3v) is 6.66. The van der Waals surface area contributed by atoms with E-state index in [4.69, 9.17) is 0 Å². The molecule has 0 aliphatic rings. The molecule has 0 bridgehead atoms. The number of thiophene rings is 1. The summed E-state index contributed by atoms with van der Waals surface area (Å²) in [5, 5.41) is 13.3. The number of rotatable bonds is 7. The summed E-state index contributed by atoms with van der Waals surface area (Å²) in [5.41, 5.74) is 5.53. The maximum Gasteiger partial charge on any atom is 0.250 e. The van der Waals surface area contributed by atoms with Crippen LogP contribution >= 0.6 is 39.0 Å². The molecule has 3 aromatic heterocycles. The van der Waals surface area contributed by atoms with Gasteiger partial charge in [-0.2, -0.15) is 5.10 Å². The Kier molecular flexibility index (Phi) is 6.90. The number of hydrazone groups is 1. The number of nitrogens with one attached hydrogen (secondary N) is 1. The van der Waals surface area contributed by atoms with Crippen molar-refractivity contribution in [2.75, 3.05) is 5.75 Å². The van der Waals surface area contributed by atoms with Crippen LogP contribution < -0.4 is 5.43 Å². The molecule has 1 aromatic carbocycles.